The molecule has 124 valence electrons. The zero-order valence-electron chi connectivity index (χ0n) is 12.0. The number of halogens is 3. The third-order valence-corrected chi connectivity index (χ3v) is 4.46. The van der Waals surface area contributed by atoms with E-state index in [2.05, 4.69) is 0 Å². The van der Waals surface area contributed by atoms with E-state index < -0.39 is 48.4 Å². The number of nitrogens with zero attached hydrogens (tertiary/aromatic N) is 1. The molecule has 1 saturated heterocycles. The lowest BCUT2D eigenvalue weighted by atomic mass is 9.77. The van der Waals surface area contributed by atoms with Gasteiger partial charge in [-0.1, -0.05) is 6.92 Å². The van der Waals surface area contributed by atoms with Crippen LogP contribution in [0.3, 0.4) is 0 Å². The molecule has 4 unspecified atom stereocenters. The first-order chi connectivity index (χ1) is 10.1. The predicted octanol–water partition coefficient (Wildman–Crippen LogP) is 1.15. The highest BCUT2D eigenvalue weighted by molar-refractivity contribution is 5.98. The summed E-state index contributed by atoms with van der Waals surface area (Å²) in [7, 11) is 0. The van der Waals surface area contributed by atoms with Crippen LogP contribution in [0.4, 0.5) is 18.0 Å². The molecule has 4 amide bonds. The van der Waals surface area contributed by atoms with Crippen LogP contribution < -0.4 is 11.1 Å². The fourth-order valence-electron chi connectivity index (χ4n) is 3.15. The molecule has 0 bridgehead atoms. The molecule has 22 heavy (non-hydrogen) atoms. The molecule has 1 heterocycles. The fourth-order valence-corrected chi connectivity index (χ4v) is 3.15. The van der Waals surface area contributed by atoms with Gasteiger partial charge in [0.2, 0.25) is 11.8 Å². The Bertz CT molecular complexity index is 477. The normalized spacial score (nSPS) is 33.5. The third-order valence-electron chi connectivity index (χ3n) is 4.46. The zero-order valence-corrected chi connectivity index (χ0v) is 12.0. The Labute approximate surface area is 125 Å². The first kappa shape index (κ1) is 16.6. The number of nitrogens with one attached hydrogen (secondary N) is 1. The second-order valence-corrected chi connectivity index (χ2v) is 5.96. The number of hydrogen-bond donors (Lipinski definition) is 2. The average molecular weight is 321 g/mol. The zero-order chi connectivity index (χ0) is 16.7. The van der Waals surface area contributed by atoms with E-state index in [1.165, 1.54) is 0 Å². The highest BCUT2D eigenvalue weighted by Gasteiger charge is 2.49. The van der Waals surface area contributed by atoms with Crippen LogP contribution in [0, 0.1) is 11.8 Å². The molecule has 1 aliphatic heterocycles. The summed E-state index contributed by atoms with van der Waals surface area (Å²) in [6.07, 6.45) is -4.23. The van der Waals surface area contributed by atoms with Crippen LogP contribution >= 0.6 is 0 Å². The van der Waals surface area contributed by atoms with Crippen molar-refractivity contribution in [3.63, 3.8) is 0 Å². The molecule has 1 aliphatic carbocycles. The van der Waals surface area contributed by atoms with Crippen LogP contribution in [0.25, 0.3) is 0 Å². The molecular formula is C13H18F3N3O3. The molecule has 0 aromatic heterocycles. The van der Waals surface area contributed by atoms with Gasteiger partial charge in [0.25, 0.3) is 0 Å². The fraction of sp³-hybridized carbons (Fsp3) is 0.769. The Hall–Kier alpha value is -1.80. The lowest BCUT2D eigenvalue weighted by Crippen LogP contribution is -2.62. The number of carbonyl (C=O) groups is 3. The number of rotatable bonds is 2. The maximum atomic E-state index is 12.6. The number of hydrogen-bond acceptors (Lipinski definition) is 3. The molecule has 9 heteroatoms. The van der Waals surface area contributed by atoms with Crippen molar-refractivity contribution < 1.29 is 27.6 Å². The minimum absolute atomic E-state index is 0.0274. The Morgan fingerprint density at radius 1 is 1.32 bits per heavy atom. The van der Waals surface area contributed by atoms with Crippen molar-refractivity contribution in [2.24, 2.45) is 17.6 Å². The van der Waals surface area contributed by atoms with Crippen LogP contribution in [0.15, 0.2) is 0 Å². The van der Waals surface area contributed by atoms with Gasteiger partial charge in [-0.05, 0) is 25.2 Å². The van der Waals surface area contributed by atoms with E-state index in [1.54, 1.807) is 0 Å². The lowest BCUT2D eigenvalue weighted by Gasteiger charge is -2.41. The Kier molecular flexibility index (Phi) is 4.35. The summed E-state index contributed by atoms with van der Waals surface area (Å²) >= 11 is 0. The first-order valence-corrected chi connectivity index (χ1v) is 7.09. The van der Waals surface area contributed by atoms with Gasteiger partial charge in [-0.15, -0.1) is 0 Å². The van der Waals surface area contributed by atoms with Gasteiger partial charge in [0.15, 0.2) is 0 Å². The van der Waals surface area contributed by atoms with E-state index in [0.29, 0.717) is 12.8 Å². The SMILES string of the molecule is CC1CCC(N2C(=O)CC(C(F)(F)F)NC2=O)CC1C(N)=O. The molecule has 1 saturated carbocycles. The highest BCUT2D eigenvalue weighted by Crippen LogP contribution is 2.34. The predicted molar refractivity (Wildman–Crippen MR) is 69.3 cm³/mol. The van der Waals surface area contributed by atoms with Gasteiger partial charge in [0.05, 0.1) is 6.42 Å². The van der Waals surface area contributed by atoms with E-state index in [9.17, 15) is 27.6 Å². The van der Waals surface area contributed by atoms with Crippen LogP contribution in [-0.4, -0.2) is 41.0 Å². The number of alkyl halides is 3. The standard InChI is InChI=1S/C13H18F3N3O3/c1-6-2-3-7(4-8(6)11(17)21)19-10(20)5-9(13(14,15)16)18-12(19)22/h6-9H,2-5H2,1H3,(H2,17,21)(H,18,22). The smallest absolute Gasteiger partial charge is 0.369 e. The minimum Gasteiger partial charge on any atom is -0.369 e. The van der Waals surface area contributed by atoms with Crippen molar-refractivity contribution in [3.05, 3.63) is 0 Å². The number of primary amides is 1. The summed E-state index contributed by atoms with van der Waals surface area (Å²) in [5, 5.41) is 1.81. The maximum absolute atomic E-state index is 12.6. The molecule has 0 aromatic carbocycles. The monoisotopic (exact) mass is 321 g/mol. The summed E-state index contributed by atoms with van der Waals surface area (Å²) in [5.41, 5.74) is 5.31. The van der Waals surface area contributed by atoms with E-state index >= 15 is 0 Å². The van der Waals surface area contributed by atoms with Gasteiger partial charge in [0.1, 0.15) is 6.04 Å². The van der Waals surface area contributed by atoms with Crippen LogP contribution in [-0.2, 0) is 9.59 Å². The Balaban J connectivity index is 2.11. The van der Waals surface area contributed by atoms with Crippen molar-refractivity contribution in [2.75, 3.05) is 0 Å². The Morgan fingerprint density at radius 3 is 2.45 bits per heavy atom. The maximum Gasteiger partial charge on any atom is 0.409 e. The molecular weight excluding hydrogens is 303 g/mol. The van der Waals surface area contributed by atoms with Crippen molar-refractivity contribution in [1.29, 1.82) is 0 Å². The summed E-state index contributed by atoms with van der Waals surface area (Å²) in [6, 6.07) is -3.80. The van der Waals surface area contributed by atoms with Gasteiger partial charge in [-0.3, -0.25) is 14.5 Å². The summed E-state index contributed by atoms with van der Waals surface area (Å²) in [4.78, 5) is 36.1. The second-order valence-electron chi connectivity index (χ2n) is 5.96. The van der Waals surface area contributed by atoms with Gasteiger partial charge in [-0.2, -0.15) is 13.2 Å². The quantitative estimate of drug-likeness (QED) is 0.799. The van der Waals surface area contributed by atoms with Crippen LogP contribution in [0.2, 0.25) is 0 Å². The number of amides is 4. The first-order valence-electron chi connectivity index (χ1n) is 7.09. The number of carbonyl (C=O) groups excluding carboxylic acids is 3. The van der Waals surface area contributed by atoms with Gasteiger partial charge >= 0.3 is 12.2 Å². The molecule has 0 spiro atoms. The Morgan fingerprint density at radius 2 is 1.95 bits per heavy atom. The lowest BCUT2D eigenvalue weighted by molar-refractivity contribution is -0.167. The highest BCUT2D eigenvalue weighted by atomic mass is 19.4. The molecule has 2 aliphatic rings. The van der Waals surface area contributed by atoms with Crippen molar-refractivity contribution in [2.45, 2.75) is 50.9 Å². The number of imide groups is 1. The third kappa shape index (κ3) is 3.17. The summed E-state index contributed by atoms with van der Waals surface area (Å²) in [5.74, 6) is -1.84. The molecule has 4 atom stereocenters. The summed E-state index contributed by atoms with van der Waals surface area (Å²) in [6.45, 7) is 1.85. The largest absolute Gasteiger partial charge is 0.409 e. The van der Waals surface area contributed by atoms with E-state index in [0.717, 1.165) is 4.90 Å². The second kappa shape index (κ2) is 5.77. The van der Waals surface area contributed by atoms with E-state index in [1.807, 2.05) is 12.2 Å². The van der Waals surface area contributed by atoms with Crippen LogP contribution in [0.1, 0.15) is 32.6 Å². The molecule has 2 rings (SSSR count). The number of urea groups is 1. The topological polar surface area (TPSA) is 92.5 Å². The molecule has 0 radical (unpaired) electrons. The van der Waals surface area contributed by atoms with Gasteiger partial charge < -0.3 is 11.1 Å². The minimum atomic E-state index is -4.66. The molecule has 0 aromatic rings. The molecule has 3 N–H and O–H groups in total. The van der Waals surface area contributed by atoms with E-state index in [-0.39, 0.29) is 12.3 Å². The summed E-state index contributed by atoms with van der Waals surface area (Å²) < 4.78 is 37.9. The van der Waals surface area contributed by atoms with Crippen molar-refractivity contribution >= 4 is 17.8 Å². The van der Waals surface area contributed by atoms with Gasteiger partial charge in [0, 0.05) is 12.0 Å². The van der Waals surface area contributed by atoms with Crippen molar-refractivity contribution in [3.8, 4) is 0 Å². The number of nitrogens with two attached hydrogens (primary N) is 1. The van der Waals surface area contributed by atoms with E-state index in [4.69, 9.17) is 5.73 Å². The molecule has 6 nitrogen and oxygen atoms in total. The molecule has 2 fully saturated rings. The average Bonchev–Trinajstić information content (AvgIpc) is 2.38. The van der Waals surface area contributed by atoms with Crippen LogP contribution in [0.5, 0.6) is 0 Å². The van der Waals surface area contributed by atoms with Crippen molar-refractivity contribution in [1.82, 2.24) is 10.2 Å². The van der Waals surface area contributed by atoms with Gasteiger partial charge in [-0.25, -0.2) is 4.79 Å².